The van der Waals surface area contributed by atoms with Gasteiger partial charge in [0, 0.05) is 117 Å². The van der Waals surface area contributed by atoms with Crippen LogP contribution in [-0.2, 0) is 0 Å². The maximum absolute atomic E-state index is 7.68. The van der Waals surface area contributed by atoms with Gasteiger partial charge in [-0.25, -0.2) is 15.0 Å². The second-order valence-corrected chi connectivity index (χ2v) is 27.8. The predicted molar refractivity (Wildman–Crippen MR) is 441 cm³/mol. The number of aromatic nitrogens is 3. The first-order chi connectivity index (χ1) is 53.6. The second kappa shape index (κ2) is 24.7. The van der Waals surface area contributed by atoms with Crippen molar-refractivity contribution in [2.24, 2.45) is 0 Å². The topological polar surface area (TPSA) is 85.8 Å². The summed E-state index contributed by atoms with van der Waals surface area (Å²) in [6.45, 7) is -1.04. The molecular weight excluding hydrogens is 1320 g/mol. The summed E-state index contributed by atoms with van der Waals surface area (Å²) in [6.07, 6.45) is 5.69. The van der Waals surface area contributed by atoms with Gasteiger partial charge in [0.2, 0.25) is 0 Å². The van der Waals surface area contributed by atoms with E-state index in [9.17, 15) is 0 Å². The normalized spacial score (nSPS) is 13.1. The van der Waals surface area contributed by atoms with Crippen LogP contribution in [0.25, 0.3) is 0 Å². The summed E-state index contributed by atoms with van der Waals surface area (Å²) in [5, 5.41) is 0. The Balaban J connectivity index is 0.842. The number of hydrogen-bond acceptors (Lipinski definition) is 12. The monoisotopic (exact) mass is 1380 g/mol. The molecule has 0 atom stereocenters. The van der Waals surface area contributed by atoms with Gasteiger partial charge in [-0.1, -0.05) is 176 Å². The Morgan fingerprint density at radius 3 is 0.889 bits per heavy atom. The molecule has 16 aromatic rings. The van der Waals surface area contributed by atoms with Crippen LogP contribution >= 0.6 is 0 Å². The minimum Gasteiger partial charge on any atom is -0.458 e. The number of rotatable bonds is 12. The average molecular weight is 1380 g/mol. The number of ether oxygens (including phenoxy) is 3. The first kappa shape index (κ1) is 61.2. The van der Waals surface area contributed by atoms with Crippen molar-refractivity contribution in [3.05, 3.63) is 364 Å². The van der Waals surface area contributed by atoms with Gasteiger partial charge >= 0.3 is 0 Å². The zero-order chi connectivity index (χ0) is 70.9. The molecule has 0 amide bonds. The quantitative estimate of drug-likeness (QED) is 0.109. The lowest BCUT2D eigenvalue weighted by Gasteiger charge is -2.46. The number of fused-ring (bicyclic) bond motifs is 12. The summed E-state index contributed by atoms with van der Waals surface area (Å²) >= 11 is 0. The molecule has 9 heterocycles. The van der Waals surface area contributed by atoms with Gasteiger partial charge in [-0.3, -0.25) is 14.7 Å². The highest BCUT2D eigenvalue weighted by atomic mass is 16.5. The van der Waals surface area contributed by atoms with E-state index in [-0.39, 0.29) is 13.4 Å². The van der Waals surface area contributed by atoms with Crippen LogP contribution in [0, 0.1) is 0 Å². The van der Waals surface area contributed by atoms with E-state index in [0.29, 0.717) is 5.75 Å². The van der Waals surface area contributed by atoms with Crippen molar-refractivity contribution in [3.63, 3.8) is 0 Å². The fraction of sp³-hybridized carbons (Fsp3) is 0. The minimum atomic E-state index is -0.429. The van der Waals surface area contributed by atoms with E-state index in [1.54, 1.807) is 0 Å². The van der Waals surface area contributed by atoms with Crippen molar-refractivity contribution >= 4 is 172 Å². The third-order valence-electron chi connectivity index (χ3n) is 21.8. The SMILES string of the molecule is c1ccc(N(c2ccccc2)c2cc3c4c(c2)Oc2cc5c(cc2B4c2ccccc2O3)B2c3cc4c(cc3N(c3ccccn3)c3cc(N(c6ccccc6)c6ccccc6)cc(c32)N5c2ccccn2)N(c2ccccn2)c2cc(N(c3ccccc3)c3ccccc3)cc3c2B4c2ccccc2O3)cc1. The van der Waals surface area contributed by atoms with E-state index in [1.807, 2.05) is 36.8 Å². The first-order valence-corrected chi connectivity index (χ1v) is 36.6. The fourth-order valence-corrected chi connectivity index (χ4v) is 17.5. The molecular formula is C93H60B3N9O3. The zero-order valence-electron chi connectivity index (χ0n) is 58.1. The molecule has 6 aliphatic rings. The van der Waals surface area contributed by atoms with Crippen LogP contribution in [0.2, 0.25) is 0 Å². The number of para-hydroxylation sites is 8. The highest BCUT2D eigenvalue weighted by Gasteiger charge is 2.51. The number of benzene rings is 13. The lowest BCUT2D eigenvalue weighted by molar-refractivity contribution is 0.465. The molecule has 0 saturated carbocycles. The second-order valence-electron chi connectivity index (χ2n) is 27.8. The Morgan fingerprint density at radius 2 is 0.500 bits per heavy atom. The van der Waals surface area contributed by atoms with Crippen molar-refractivity contribution < 1.29 is 14.2 Å². The van der Waals surface area contributed by atoms with Gasteiger partial charge in [-0.05, 0) is 189 Å². The third-order valence-corrected chi connectivity index (χ3v) is 21.8. The molecule has 0 unspecified atom stereocenters. The highest BCUT2D eigenvalue weighted by Crippen LogP contribution is 2.53. The molecule has 0 fully saturated rings. The molecule has 12 nitrogen and oxygen atoms in total. The summed E-state index contributed by atoms with van der Waals surface area (Å²) in [5.41, 5.74) is 24.0. The number of nitrogens with zero attached hydrogens (tertiary/aromatic N) is 9. The standard InChI is InChI=1S/C93H60B3N9O3/c1-7-29-61(30-8-1)100(62-31-9-2-10-32-62)67-51-79-91-80(52-67)105(90-47-25-28-50-99-90)78-60-84-75(95-71-42-20-22-44-83(71)107-86-55-69(56-87(108-84)93(86)95)102(65-37-15-5-16-38-65)66-39-17-6-18-40-66)58-74(78)96(91)73-57-72-76(59-77(73)103(79)88-45-23-26-48-97-88)104(89-46-24-27-49-98-89)81-53-68(54-85-92(81)94(72)70-41-19-21-43-82(70)106-85)101(63-33-11-3-12-34-63)64-35-13-4-14-36-64/h1-60H. The Kier molecular flexibility index (Phi) is 14.0. The van der Waals surface area contributed by atoms with E-state index in [1.165, 1.54) is 0 Å². The Bertz CT molecular complexity index is 6110. The molecule has 0 spiro atoms. The van der Waals surface area contributed by atoms with Crippen LogP contribution in [0.3, 0.4) is 0 Å². The largest absolute Gasteiger partial charge is 0.458 e. The number of pyridine rings is 3. The smallest absolute Gasteiger partial charge is 0.260 e. The van der Waals surface area contributed by atoms with Crippen molar-refractivity contribution in [2.75, 3.05) is 29.4 Å². The minimum absolute atomic E-state index is 0.302. The molecule has 0 aliphatic carbocycles. The summed E-state index contributed by atoms with van der Waals surface area (Å²) < 4.78 is 22.2. The van der Waals surface area contributed by atoms with Gasteiger partial charge in [0.1, 0.15) is 52.0 Å². The molecule has 0 saturated heterocycles. The van der Waals surface area contributed by atoms with Crippen molar-refractivity contribution in [1.82, 2.24) is 15.0 Å². The summed E-state index contributed by atoms with van der Waals surface area (Å²) in [4.78, 5) is 30.2. The van der Waals surface area contributed by atoms with E-state index >= 15 is 0 Å². The number of anilines is 18. The molecule has 0 N–H and O–H groups in total. The molecule has 504 valence electrons. The van der Waals surface area contributed by atoms with E-state index in [4.69, 9.17) is 29.2 Å². The molecule has 15 heteroatoms. The van der Waals surface area contributed by atoms with Crippen molar-refractivity contribution in [1.29, 1.82) is 0 Å². The average Bonchev–Trinajstić information content (AvgIpc) is 0.683. The van der Waals surface area contributed by atoms with Gasteiger partial charge in [0.15, 0.2) is 0 Å². The van der Waals surface area contributed by atoms with Crippen LogP contribution in [-0.4, -0.2) is 35.1 Å². The first-order valence-electron chi connectivity index (χ1n) is 36.6. The summed E-state index contributed by atoms with van der Waals surface area (Å²) in [6, 6.07) is 123. The highest BCUT2D eigenvalue weighted by molar-refractivity contribution is 7.04. The van der Waals surface area contributed by atoms with Crippen molar-refractivity contribution in [3.8, 4) is 34.5 Å². The van der Waals surface area contributed by atoms with Crippen LogP contribution < -0.4 is 92.8 Å². The lowest BCUT2D eigenvalue weighted by Crippen LogP contribution is -2.66. The molecule has 22 rings (SSSR count). The van der Waals surface area contributed by atoms with Crippen LogP contribution in [0.15, 0.2) is 364 Å². The predicted octanol–water partition coefficient (Wildman–Crippen LogP) is 17.5. The van der Waals surface area contributed by atoms with Gasteiger partial charge in [0.05, 0.1) is 17.1 Å². The third kappa shape index (κ3) is 9.64. The molecule has 108 heavy (non-hydrogen) atoms. The Morgan fingerprint density at radius 1 is 0.204 bits per heavy atom. The maximum Gasteiger partial charge on any atom is 0.260 e. The van der Waals surface area contributed by atoms with Crippen LogP contribution in [0.5, 0.6) is 34.5 Å². The van der Waals surface area contributed by atoms with Crippen LogP contribution in [0.4, 0.5) is 103 Å². The molecule has 0 radical (unpaired) electrons. The van der Waals surface area contributed by atoms with Gasteiger partial charge in [0.25, 0.3) is 20.1 Å². The Hall–Kier alpha value is -14.3. The molecule has 13 aromatic carbocycles. The van der Waals surface area contributed by atoms with Gasteiger partial charge in [-0.15, -0.1) is 0 Å². The van der Waals surface area contributed by atoms with Crippen LogP contribution in [0.1, 0.15) is 0 Å². The van der Waals surface area contributed by atoms with E-state index in [2.05, 4.69) is 357 Å². The van der Waals surface area contributed by atoms with Gasteiger partial charge in [-0.2, -0.15) is 0 Å². The molecule has 0 bridgehead atoms. The lowest BCUT2D eigenvalue weighted by atomic mass is 9.29. The van der Waals surface area contributed by atoms with Crippen molar-refractivity contribution in [2.45, 2.75) is 0 Å². The summed E-state index contributed by atoms with van der Waals surface area (Å²) in [5.74, 6) is 6.79. The van der Waals surface area contributed by atoms with Gasteiger partial charge < -0.3 is 28.9 Å². The van der Waals surface area contributed by atoms with E-state index in [0.717, 1.165) is 181 Å². The Labute approximate surface area is 625 Å². The molecule has 6 aliphatic heterocycles. The fourth-order valence-electron chi connectivity index (χ4n) is 17.5. The zero-order valence-corrected chi connectivity index (χ0v) is 58.1. The van der Waals surface area contributed by atoms with E-state index < -0.39 is 6.71 Å². The number of hydrogen-bond donors (Lipinski definition) is 0. The molecule has 3 aromatic heterocycles. The maximum atomic E-state index is 7.68. The summed E-state index contributed by atoms with van der Waals surface area (Å²) in [7, 11) is 0.